The Morgan fingerprint density at radius 1 is 1.09 bits per heavy atom. The highest BCUT2D eigenvalue weighted by Gasteiger charge is 2.36. The smallest absolute Gasteiger partial charge is 0.306 e. The lowest BCUT2D eigenvalue weighted by Gasteiger charge is -2.35. The minimum Gasteiger partial charge on any atom is -0.306 e. The van der Waals surface area contributed by atoms with E-state index in [1.54, 1.807) is 18.2 Å². The standard InChI is InChI=1S/C16H11ClN2O3/c17-12-7-6-11(8-20)14-13(12)15(10-4-2-1-3-5-10)19(9-21)16(22)18-14/h1-9,15H,(H,18,22). The number of nitrogens with one attached hydrogen (secondary N) is 1. The Bertz CT molecular complexity index is 761. The first-order valence-corrected chi connectivity index (χ1v) is 6.92. The summed E-state index contributed by atoms with van der Waals surface area (Å²) in [6.45, 7) is 0. The van der Waals surface area contributed by atoms with E-state index in [4.69, 9.17) is 11.6 Å². The van der Waals surface area contributed by atoms with Gasteiger partial charge in [0.25, 0.3) is 0 Å². The normalized spacial score (nSPS) is 16.7. The highest BCUT2D eigenvalue weighted by Crippen LogP contribution is 2.42. The Kier molecular flexibility index (Phi) is 3.65. The van der Waals surface area contributed by atoms with E-state index >= 15 is 0 Å². The molecule has 0 aliphatic carbocycles. The summed E-state index contributed by atoms with van der Waals surface area (Å²) in [5.41, 5.74) is 1.93. The second-order valence-electron chi connectivity index (χ2n) is 4.80. The Hall–Kier alpha value is -2.66. The van der Waals surface area contributed by atoms with Gasteiger partial charge in [0.1, 0.15) is 0 Å². The summed E-state index contributed by atoms with van der Waals surface area (Å²) >= 11 is 6.28. The Balaban J connectivity index is 2.30. The first kappa shape index (κ1) is 14.3. The summed E-state index contributed by atoms with van der Waals surface area (Å²) in [6.07, 6.45) is 1.11. The first-order chi connectivity index (χ1) is 10.7. The molecule has 0 aromatic heterocycles. The number of carbonyl (C=O) groups excluding carboxylic acids is 3. The van der Waals surface area contributed by atoms with Crippen LogP contribution in [-0.2, 0) is 4.79 Å². The van der Waals surface area contributed by atoms with Crippen LogP contribution < -0.4 is 5.32 Å². The molecule has 1 aliphatic heterocycles. The number of imide groups is 1. The molecule has 2 aromatic carbocycles. The number of aldehydes is 1. The molecule has 110 valence electrons. The SMILES string of the molecule is O=Cc1ccc(Cl)c2c1NC(=O)N(C=O)C2c1ccccc1. The van der Waals surface area contributed by atoms with Gasteiger partial charge in [0.15, 0.2) is 6.29 Å². The third kappa shape index (κ3) is 2.16. The van der Waals surface area contributed by atoms with Crippen molar-refractivity contribution in [2.45, 2.75) is 6.04 Å². The maximum atomic E-state index is 12.2. The largest absolute Gasteiger partial charge is 0.329 e. The number of amides is 3. The number of urea groups is 1. The fourth-order valence-electron chi connectivity index (χ4n) is 2.62. The monoisotopic (exact) mass is 314 g/mol. The van der Waals surface area contributed by atoms with Crippen molar-refractivity contribution in [2.24, 2.45) is 0 Å². The number of rotatable bonds is 3. The molecular formula is C16H11ClN2O3. The van der Waals surface area contributed by atoms with Gasteiger partial charge in [0, 0.05) is 16.1 Å². The summed E-state index contributed by atoms with van der Waals surface area (Å²) in [4.78, 5) is 35.8. The summed E-state index contributed by atoms with van der Waals surface area (Å²) < 4.78 is 0. The lowest BCUT2D eigenvalue weighted by molar-refractivity contribution is -0.116. The number of carbonyl (C=O) groups is 3. The van der Waals surface area contributed by atoms with Crippen molar-refractivity contribution in [3.63, 3.8) is 0 Å². The maximum Gasteiger partial charge on any atom is 0.329 e. The van der Waals surface area contributed by atoms with E-state index in [0.717, 1.165) is 10.5 Å². The summed E-state index contributed by atoms with van der Waals surface area (Å²) in [7, 11) is 0. The Morgan fingerprint density at radius 3 is 2.45 bits per heavy atom. The molecule has 1 unspecified atom stereocenters. The zero-order valence-corrected chi connectivity index (χ0v) is 12.1. The predicted molar refractivity (Wildman–Crippen MR) is 82.0 cm³/mol. The molecule has 0 fully saturated rings. The van der Waals surface area contributed by atoms with Gasteiger partial charge in [-0.25, -0.2) is 4.79 Å². The van der Waals surface area contributed by atoms with E-state index < -0.39 is 12.1 Å². The molecule has 5 nitrogen and oxygen atoms in total. The van der Waals surface area contributed by atoms with Crippen molar-refractivity contribution in [3.05, 3.63) is 64.2 Å². The van der Waals surface area contributed by atoms with Gasteiger partial charge in [-0.2, -0.15) is 0 Å². The first-order valence-electron chi connectivity index (χ1n) is 6.54. The van der Waals surface area contributed by atoms with Gasteiger partial charge < -0.3 is 5.32 Å². The highest BCUT2D eigenvalue weighted by atomic mass is 35.5. The van der Waals surface area contributed by atoms with Crippen LogP contribution in [0.4, 0.5) is 10.5 Å². The molecule has 1 atom stereocenters. The third-order valence-corrected chi connectivity index (χ3v) is 3.93. The number of anilines is 1. The molecule has 3 amide bonds. The van der Waals surface area contributed by atoms with Crippen molar-refractivity contribution >= 4 is 36.0 Å². The van der Waals surface area contributed by atoms with Gasteiger partial charge >= 0.3 is 6.03 Å². The van der Waals surface area contributed by atoms with Crippen molar-refractivity contribution in [1.82, 2.24) is 4.90 Å². The Morgan fingerprint density at radius 2 is 1.82 bits per heavy atom. The summed E-state index contributed by atoms with van der Waals surface area (Å²) in [6, 6.07) is 10.9. The van der Waals surface area contributed by atoms with Crippen LogP contribution in [0.1, 0.15) is 27.5 Å². The number of hydrogen-bond donors (Lipinski definition) is 1. The maximum absolute atomic E-state index is 12.2. The quantitative estimate of drug-likeness (QED) is 0.884. The number of nitrogens with zero attached hydrogens (tertiary/aromatic N) is 1. The van der Waals surface area contributed by atoms with Crippen LogP contribution in [0.25, 0.3) is 0 Å². The molecule has 0 radical (unpaired) electrons. The minimum absolute atomic E-state index is 0.319. The van der Waals surface area contributed by atoms with Gasteiger partial charge in [-0.15, -0.1) is 0 Å². The highest BCUT2D eigenvalue weighted by molar-refractivity contribution is 6.32. The summed E-state index contributed by atoms with van der Waals surface area (Å²) in [5.74, 6) is 0. The van der Waals surface area contributed by atoms with E-state index in [1.807, 2.05) is 18.2 Å². The fourth-order valence-corrected chi connectivity index (χ4v) is 2.88. The van der Waals surface area contributed by atoms with E-state index in [2.05, 4.69) is 5.32 Å². The molecule has 1 aliphatic rings. The third-order valence-electron chi connectivity index (χ3n) is 3.60. The number of fused-ring (bicyclic) bond motifs is 1. The van der Waals surface area contributed by atoms with Crippen LogP contribution in [0, 0.1) is 0 Å². The zero-order chi connectivity index (χ0) is 15.7. The average molecular weight is 315 g/mol. The van der Waals surface area contributed by atoms with Gasteiger partial charge in [-0.1, -0.05) is 41.9 Å². The lowest BCUT2D eigenvalue weighted by Crippen LogP contribution is -2.42. The predicted octanol–water partition coefficient (Wildman–Crippen LogP) is 3.25. The van der Waals surface area contributed by atoms with Crippen molar-refractivity contribution in [3.8, 4) is 0 Å². The molecular weight excluding hydrogens is 304 g/mol. The van der Waals surface area contributed by atoms with E-state index in [1.165, 1.54) is 6.07 Å². The van der Waals surface area contributed by atoms with Crippen LogP contribution >= 0.6 is 11.6 Å². The van der Waals surface area contributed by atoms with Crippen LogP contribution in [0.2, 0.25) is 5.02 Å². The van der Waals surface area contributed by atoms with Crippen molar-refractivity contribution < 1.29 is 14.4 Å². The second-order valence-corrected chi connectivity index (χ2v) is 5.21. The van der Waals surface area contributed by atoms with Gasteiger partial charge in [-0.05, 0) is 17.7 Å². The molecule has 0 saturated heterocycles. The number of halogens is 1. The van der Waals surface area contributed by atoms with Crippen LogP contribution in [-0.4, -0.2) is 23.6 Å². The molecule has 1 N–H and O–H groups in total. The minimum atomic E-state index is -0.671. The molecule has 0 spiro atoms. The second kappa shape index (κ2) is 5.61. The topological polar surface area (TPSA) is 66.5 Å². The molecule has 2 aromatic rings. The van der Waals surface area contributed by atoms with Crippen LogP contribution in [0.3, 0.4) is 0 Å². The molecule has 0 saturated carbocycles. The molecule has 22 heavy (non-hydrogen) atoms. The number of benzene rings is 2. The van der Waals surface area contributed by atoms with Crippen LogP contribution in [0.15, 0.2) is 42.5 Å². The molecule has 0 bridgehead atoms. The number of hydrogen-bond acceptors (Lipinski definition) is 3. The average Bonchev–Trinajstić information content (AvgIpc) is 2.55. The van der Waals surface area contributed by atoms with Crippen molar-refractivity contribution in [1.29, 1.82) is 0 Å². The van der Waals surface area contributed by atoms with Gasteiger partial charge in [0.2, 0.25) is 6.41 Å². The molecule has 3 rings (SSSR count). The Labute approximate surface area is 131 Å². The van der Waals surface area contributed by atoms with E-state index in [-0.39, 0.29) is 0 Å². The fraction of sp³-hybridized carbons (Fsp3) is 0.0625. The lowest BCUT2D eigenvalue weighted by atomic mass is 9.92. The van der Waals surface area contributed by atoms with E-state index in [0.29, 0.717) is 34.5 Å². The molecule has 6 heteroatoms. The van der Waals surface area contributed by atoms with Gasteiger partial charge in [-0.3, -0.25) is 14.5 Å². The van der Waals surface area contributed by atoms with Crippen molar-refractivity contribution in [2.75, 3.05) is 5.32 Å². The molecule has 1 heterocycles. The zero-order valence-electron chi connectivity index (χ0n) is 11.3. The van der Waals surface area contributed by atoms with Gasteiger partial charge in [0.05, 0.1) is 11.7 Å². The summed E-state index contributed by atoms with van der Waals surface area (Å²) in [5, 5.41) is 2.94. The van der Waals surface area contributed by atoms with E-state index in [9.17, 15) is 14.4 Å². The van der Waals surface area contributed by atoms with Crippen LogP contribution in [0.5, 0.6) is 0 Å².